The highest BCUT2D eigenvalue weighted by molar-refractivity contribution is 7.92. The molecule has 3 aromatic carbocycles. The zero-order chi connectivity index (χ0) is 31.4. The maximum Gasteiger partial charge on any atom is 0.261 e. The first-order valence-corrected chi connectivity index (χ1v) is 15.9. The first-order valence-electron chi connectivity index (χ1n) is 14.4. The number of hydrogen-bond donors (Lipinski definition) is 2. The van der Waals surface area contributed by atoms with E-state index in [0.717, 1.165) is 5.56 Å². The number of anilines is 3. The maximum absolute atomic E-state index is 13.1. The number of sulfonamides is 1. The van der Waals surface area contributed by atoms with Gasteiger partial charge in [-0.25, -0.2) is 18.4 Å². The molecule has 2 aromatic heterocycles. The minimum absolute atomic E-state index is 0.0193. The molecular formula is C33H30N6O5S. The van der Waals surface area contributed by atoms with Crippen LogP contribution in [0.1, 0.15) is 39.3 Å². The summed E-state index contributed by atoms with van der Waals surface area (Å²) in [5, 5.41) is 6.87. The van der Waals surface area contributed by atoms with Gasteiger partial charge in [0, 0.05) is 47.7 Å². The molecule has 1 aliphatic heterocycles. The molecule has 0 unspecified atom stereocenters. The molecule has 45 heavy (non-hydrogen) atoms. The Hall–Kier alpha value is -5.36. The fourth-order valence-electron chi connectivity index (χ4n) is 5.21. The van der Waals surface area contributed by atoms with Gasteiger partial charge in [0.25, 0.3) is 15.9 Å². The van der Waals surface area contributed by atoms with Gasteiger partial charge in [0.2, 0.25) is 5.95 Å². The van der Waals surface area contributed by atoms with Gasteiger partial charge in [-0.05, 0) is 74.4 Å². The van der Waals surface area contributed by atoms with Crippen molar-refractivity contribution in [3.8, 4) is 11.3 Å². The molecule has 12 heteroatoms. The number of ketones is 1. The summed E-state index contributed by atoms with van der Waals surface area (Å²) >= 11 is 0. The second kappa shape index (κ2) is 12.7. The third kappa shape index (κ3) is 6.75. The number of amides is 1. The lowest BCUT2D eigenvalue weighted by molar-refractivity contribution is 0.0650. The smallest absolute Gasteiger partial charge is 0.261 e. The molecule has 2 N–H and O–H groups in total. The number of Topliss-reactive ketones (excluding diaryl/α,β-unsaturated/α-hetero) is 1. The molecule has 0 atom stereocenters. The van der Waals surface area contributed by atoms with Gasteiger partial charge in [-0.2, -0.15) is 0 Å². The highest BCUT2D eigenvalue weighted by atomic mass is 32.2. The summed E-state index contributed by atoms with van der Waals surface area (Å²) in [5.74, 6) is 0.674. The lowest BCUT2D eigenvalue weighted by atomic mass is 9.89. The lowest BCUT2D eigenvalue weighted by Gasteiger charge is -2.31. The van der Waals surface area contributed by atoms with Gasteiger partial charge in [-0.15, -0.1) is 0 Å². The van der Waals surface area contributed by atoms with Crippen molar-refractivity contribution in [3.63, 3.8) is 0 Å². The lowest BCUT2D eigenvalue weighted by Crippen LogP contribution is -2.40. The number of carbonyl (C=O) groups is 2. The minimum atomic E-state index is -3.69. The van der Waals surface area contributed by atoms with Gasteiger partial charge in [0.05, 0.1) is 22.3 Å². The normalized spacial score (nSPS) is 13.8. The van der Waals surface area contributed by atoms with E-state index in [1.807, 2.05) is 0 Å². The molecule has 0 spiro atoms. The molecule has 0 saturated carbocycles. The van der Waals surface area contributed by atoms with Crippen molar-refractivity contribution < 1.29 is 22.5 Å². The van der Waals surface area contributed by atoms with E-state index in [1.165, 1.54) is 18.3 Å². The van der Waals surface area contributed by atoms with Crippen molar-refractivity contribution in [2.24, 2.45) is 5.92 Å². The molecule has 5 aromatic rings. The molecule has 6 rings (SSSR count). The molecule has 228 valence electrons. The quantitative estimate of drug-likeness (QED) is 0.197. The molecule has 1 saturated heterocycles. The Bertz CT molecular complexity index is 1920. The van der Waals surface area contributed by atoms with E-state index in [9.17, 15) is 18.0 Å². The SMILES string of the molecule is Cc1oncc1C(=O)C1CCN(C(=O)c2ccc(Nc3nccc(-c4ccc(NS(=O)(=O)c5ccccc5)cc4)n3)cc2)CC1. The largest absolute Gasteiger partial charge is 0.361 e. The van der Waals surface area contributed by atoms with Gasteiger partial charge >= 0.3 is 0 Å². The van der Waals surface area contributed by atoms with Crippen molar-refractivity contribution in [2.45, 2.75) is 24.7 Å². The Morgan fingerprint density at radius 3 is 2.24 bits per heavy atom. The van der Waals surface area contributed by atoms with E-state index < -0.39 is 10.0 Å². The van der Waals surface area contributed by atoms with Crippen LogP contribution < -0.4 is 10.0 Å². The van der Waals surface area contributed by atoms with Crippen LogP contribution in [0.2, 0.25) is 0 Å². The fourth-order valence-corrected chi connectivity index (χ4v) is 6.29. The molecule has 3 heterocycles. The van der Waals surface area contributed by atoms with Crippen LogP contribution in [0.4, 0.5) is 17.3 Å². The van der Waals surface area contributed by atoms with E-state index in [4.69, 9.17) is 4.52 Å². The summed E-state index contributed by atoms with van der Waals surface area (Å²) in [6.07, 6.45) is 4.28. The molecule has 0 radical (unpaired) electrons. The Labute approximate surface area is 260 Å². The van der Waals surface area contributed by atoms with Gasteiger partial charge in [0.15, 0.2) is 5.78 Å². The van der Waals surface area contributed by atoms with Crippen LogP contribution >= 0.6 is 0 Å². The number of nitrogens with zero attached hydrogens (tertiary/aromatic N) is 4. The predicted molar refractivity (Wildman–Crippen MR) is 169 cm³/mol. The summed E-state index contributed by atoms with van der Waals surface area (Å²) in [6.45, 7) is 2.72. The Kier molecular flexibility index (Phi) is 8.39. The predicted octanol–water partition coefficient (Wildman–Crippen LogP) is 5.72. The Morgan fingerprint density at radius 1 is 0.889 bits per heavy atom. The summed E-state index contributed by atoms with van der Waals surface area (Å²) < 4.78 is 32.8. The highest BCUT2D eigenvalue weighted by Gasteiger charge is 2.30. The number of likely N-dealkylation sites (tertiary alicyclic amines) is 1. The van der Waals surface area contributed by atoms with Crippen LogP contribution in [0, 0.1) is 12.8 Å². The van der Waals surface area contributed by atoms with E-state index in [-0.39, 0.29) is 22.5 Å². The number of rotatable bonds is 9. The van der Waals surface area contributed by atoms with Crippen molar-refractivity contribution in [2.75, 3.05) is 23.1 Å². The van der Waals surface area contributed by atoms with E-state index in [0.29, 0.717) is 65.8 Å². The molecule has 1 aliphatic rings. The monoisotopic (exact) mass is 622 g/mol. The topological polar surface area (TPSA) is 147 Å². The van der Waals surface area contributed by atoms with E-state index >= 15 is 0 Å². The zero-order valence-electron chi connectivity index (χ0n) is 24.4. The molecule has 0 bridgehead atoms. The maximum atomic E-state index is 13.1. The van der Waals surface area contributed by atoms with Gasteiger partial charge in [-0.3, -0.25) is 14.3 Å². The first-order chi connectivity index (χ1) is 21.8. The molecule has 0 aliphatic carbocycles. The summed E-state index contributed by atoms with van der Waals surface area (Å²) in [7, 11) is -3.69. The second-order valence-electron chi connectivity index (χ2n) is 10.7. The molecular weight excluding hydrogens is 592 g/mol. The van der Waals surface area contributed by atoms with Crippen LogP contribution in [0.25, 0.3) is 11.3 Å². The van der Waals surface area contributed by atoms with Crippen molar-refractivity contribution in [1.82, 2.24) is 20.0 Å². The van der Waals surface area contributed by atoms with Crippen LogP contribution in [0.3, 0.4) is 0 Å². The summed E-state index contributed by atoms with van der Waals surface area (Å²) in [4.78, 5) is 36.8. The van der Waals surface area contributed by atoms with Crippen LogP contribution in [0.15, 0.2) is 107 Å². The van der Waals surface area contributed by atoms with Crippen molar-refractivity contribution >= 4 is 39.0 Å². The summed E-state index contributed by atoms with van der Waals surface area (Å²) in [6, 6.07) is 24.0. The molecule has 1 amide bonds. The van der Waals surface area contributed by atoms with Crippen molar-refractivity contribution in [3.05, 3.63) is 114 Å². The van der Waals surface area contributed by atoms with Crippen molar-refractivity contribution in [1.29, 1.82) is 0 Å². The number of nitrogens with one attached hydrogen (secondary N) is 2. The van der Waals surface area contributed by atoms with Gasteiger partial charge < -0.3 is 14.7 Å². The van der Waals surface area contributed by atoms with Gasteiger partial charge in [0.1, 0.15) is 5.76 Å². The van der Waals surface area contributed by atoms with E-state index in [1.54, 1.807) is 90.8 Å². The average Bonchev–Trinajstić information content (AvgIpc) is 3.51. The second-order valence-corrected chi connectivity index (χ2v) is 12.4. The van der Waals surface area contributed by atoms with Crippen LogP contribution in [-0.2, 0) is 10.0 Å². The number of carbonyl (C=O) groups excluding carboxylic acids is 2. The standard InChI is InChI=1S/C33H30N6O5S/c1-22-29(21-35-44-22)31(40)24-16-19-39(20-17-24)32(41)25-9-11-26(12-10-25)36-33-34-18-15-30(37-33)23-7-13-27(14-8-23)38-45(42,43)28-5-3-2-4-6-28/h2-15,18,21,24,38H,16-17,19-20H2,1H3,(H,34,36,37). The van der Waals surface area contributed by atoms with Crippen LogP contribution in [-0.4, -0.2) is 53.2 Å². The third-order valence-electron chi connectivity index (χ3n) is 7.70. The first kappa shape index (κ1) is 29.7. The zero-order valence-corrected chi connectivity index (χ0v) is 25.2. The number of benzene rings is 3. The van der Waals surface area contributed by atoms with Gasteiger partial charge in [-0.1, -0.05) is 35.5 Å². The number of hydrogen-bond acceptors (Lipinski definition) is 9. The van der Waals surface area contributed by atoms with Crippen LogP contribution in [0.5, 0.6) is 0 Å². The Morgan fingerprint density at radius 2 is 1.58 bits per heavy atom. The number of aromatic nitrogens is 3. The summed E-state index contributed by atoms with van der Waals surface area (Å²) in [5.41, 5.74) is 3.65. The highest BCUT2D eigenvalue weighted by Crippen LogP contribution is 2.26. The number of aryl methyl sites for hydroxylation is 1. The Balaban J connectivity index is 1.05. The molecule has 11 nitrogen and oxygen atoms in total. The third-order valence-corrected chi connectivity index (χ3v) is 9.10. The fraction of sp³-hybridized carbons (Fsp3) is 0.182. The average molecular weight is 623 g/mol. The minimum Gasteiger partial charge on any atom is -0.361 e. The number of piperidine rings is 1. The molecule has 1 fully saturated rings. The van der Waals surface area contributed by atoms with E-state index in [2.05, 4.69) is 25.2 Å².